The number of benzene rings is 11. The molecule has 0 spiro atoms. The summed E-state index contributed by atoms with van der Waals surface area (Å²) >= 11 is 0. The molecule has 0 saturated heterocycles. The smallest absolute Gasteiger partial charge is 0.143 e. The van der Waals surface area contributed by atoms with E-state index in [1.807, 2.05) is 0 Å². The maximum Gasteiger partial charge on any atom is 0.143 e. The molecule has 0 saturated carbocycles. The number of fused-ring (bicyclic) bond motifs is 8. The molecule has 13 rings (SSSR count). The van der Waals surface area contributed by atoms with E-state index >= 15 is 0 Å². The Labute approximate surface area is 396 Å². The maximum absolute atomic E-state index is 6.57. The van der Waals surface area contributed by atoms with Gasteiger partial charge in [-0.3, -0.25) is 0 Å². The van der Waals surface area contributed by atoms with Crippen LogP contribution in [0.5, 0.6) is 0 Å². The molecular weight excluding hydrogens is 823 g/mol. The van der Waals surface area contributed by atoms with Gasteiger partial charge in [-0.05, 0) is 132 Å². The lowest BCUT2D eigenvalue weighted by Gasteiger charge is -2.28. The second-order valence-corrected chi connectivity index (χ2v) is 17.9. The first-order chi connectivity index (χ1) is 33.7. The quantitative estimate of drug-likeness (QED) is 0.142. The summed E-state index contributed by atoms with van der Waals surface area (Å²) in [6, 6.07) is 84.2. The van der Waals surface area contributed by atoms with Crippen molar-refractivity contribution in [2.75, 3.05) is 4.90 Å². The van der Waals surface area contributed by atoms with Crippen LogP contribution in [0.25, 0.3) is 98.8 Å². The van der Waals surface area contributed by atoms with Crippen molar-refractivity contribution in [2.45, 2.75) is 12.3 Å². The van der Waals surface area contributed by atoms with Crippen molar-refractivity contribution < 1.29 is 4.42 Å². The topological polar surface area (TPSA) is 16.4 Å². The fourth-order valence-corrected chi connectivity index (χ4v) is 10.6. The molecule has 0 amide bonds. The largest absolute Gasteiger partial charge is 0.455 e. The summed E-state index contributed by atoms with van der Waals surface area (Å²) in [7, 11) is 0. The van der Waals surface area contributed by atoms with Crippen molar-refractivity contribution in [3.05, 3.63) is 260 Å². The Kier molecular flexibility index (Phi) is 9.68. The van der Waals surface area contributed by atoms with Gasteiger partial charge in [-0.15, -0.1) is 0 Å². The van der Waals surface area contributed by atoms with Crippen LogP contribution in [0.3, 0.4) is 0 Å². The van der Waals surface area contributed by atoms with Gasteiger partial charge in [0.05, 0.1) is 5.69 Å². The van der Waals surface area contributed by atoms with Crippen molar-refractivity contribution in [3.63, 3.8) is 0 Å². The maximum atomic E-state index is 6.57. The van der Waals surface area contributed by atoms with E-state index in [1.165, 1.54) is 65.9 Å². The Morgan fingerprint density at radius 2 is 1.00 bits per heavy atom. The molecule has 1 atom stereocenters. The minimum Gasteiger partial charge on any atom is -0.455 e. The summed E-state index contributed by atoms with van der Waals surface area (Å²) in [4.78, 5) is 2.41. The van der Waals surface area contributed by atoms with Gasteiger partial charge in [-0.2, -0.15) is 0 Å². The van der Waals surface area contributed by atoms with Crippen LogP contribution in [0.2, 0.25) is 0 Å². The molecule has 0 N–H and O–H groups in total. The number of allylic oxidation sites excluding steroid dienone is 4. The van der Waals surface area contributed by atoms with Crippen LogP contribution in [0.4, 0.5) is 17.1 Å². The van der Waals surface area contributed by atoms with Gasteiger partial charge >= 0.3 is 0 Å². The molecule has 11 aromatic carbocycles. The molecule has 2 nitrogen and oxygen atoms in total. The van der Waals surface area contributed by atoms with E-state index in [1.54, 1.807) is 0 Å². The third kappa shape index (κ3) is 6.89. The molecule has 0 aliphatic heterocycles. The number of furan rings is 1. The molecule has 0 bridgehead atoms. The van der Waals surface area contributed by atoms with Crippen molar-refractivity contribution in [3.8, 4) is 44.5 Å². The molecule has 1 aliphatic rings. The van der Waals surface area contributed by atoms with E-state index in [-0.39, 0.29) is 0 Å². The second-order valence-electron chi connectivity index (χ2n) is 17.9. The number of nitrogens with zero attached hydrogens (tertiary/aromatic N) is 1. The standard InChI is InChI=1S/C66H45NO/c1-3-14-45(15-4-1)56-38-32-50(42-62(56)46-16-5-2-6-17-46)44-26-34-52(35-27-44)67(53-36-28-49(29-37-53)55-23-13-24-59-54-20-9-7-18-47(54)30-39-60(55)59)64-25-12-11-21-57(64)51-33-41-65-63(43-51)61-40-31-48-19-8-10-22-58(48)66(61)68-65/h1-14,16-43,45H,15H2. The van der Waals surface area contributed by atoms with Crippen LogP contribution in [-0.2, 0) is 0 Å². The Balaban J connectivity index is 0.934. The van der Waals surface area contributed by atoms with E-state index in [2.05, 4.69) is 260 Å². The van der Waals surface area contributed by atoms with Gasteiger partial charge in [0, 0.05) is 39.0 Å². The van der Waals surface area contributed by atoms with Crippen LogP contribution in [0.1, 0.15) is 17.9 Å². The first-order valence-corrected chi connectivity index (χ1v) is 23.6. The number of para-hydroxylation sites is 1. The Hall–Kier alpha value is -8.72. The SMILES string of the molecule is C1=CCC(c2ccc(-c3ccc(N(c4ccc(-c5cccc6c5ccc5ccccc56)cc4)c4ccccc4-c4ccc5oc6c7ccccc7ccc6c5c4)cc3)cc2-c2ccccc2)C=C1. The molecular formula is C66H45NO. The minimum atomic E-state index is 0.347. The number of rotatable bonds is 8. The van der Waals surface area contributed by atoms with Crippen molar-refractivity contribution in [2.24, 2.45) is 0 Å². The molecule has 1 aliphatic carbocycles. The number of anilines is 3. The van der Waals surface area contributed by atoms with Crippen molar-refractivity contribution in [1.29, 1.82) is 0 Å². The van der Waals surface area contributed by atoms with E-state index in [4.69, 9.17) is 4.42 Å². The van der Waals surface area contributed by atoms with Gasteiger partial charge in [0.15, 0.2) is 0 Å². The lowest BCUT2D eigenvalue weighted by atomic mass is 9.85. The van der Waals surface area contributed by atoms with Gasteiger partial charge in [0.25, 0.3) is 0 Å². The van der Waals surface area contributed by atoms with E-state index < -0.39 is 0 Å². The highest BCUT2D eigenvalue weighted by molar-refractivity contribution is 6.16. The number of hydrogen-bond donors (Lipinski definition) is 0. The first-order valence-electron chi connectivity index (χ1n) is 23.6. The summed E-state index contributed by atoms with van der Waals surface area (Å²) in [6.07, 6.45) is 9.94. The zero-order chi connectivity index (χ0) is 45.0. The highest BCUT2D eigenvalue weighted by Crippen LogP contribution is 2.45. The summed E-state index contributed by atoms with van der Waals surface area (Å²) in [5.74, 6) is 0.347. The van der Waals surface area contributed by atoms with Crippen LogP contribution in [0, 0.1) is 0 Å². The Morgan fingerprint density at radius 3 is 1.79 bits per heavy atom. The molecule has 1 unspecified atom stereocenters. The van der Waals surface area contributed by atoms with Crippen LogP contribution in [0.15, 0.2) is 259 Å². The minimum absolute atomic E-state index is 0.347. The fraction of sp³-hybridized carbons (Fsp3) is 0.0303. The molecule has 1 aromatic heterocycles. The zero-order valence-electron chi connectivity index (χ0n) is 37.4. The number of hydrogen-bond acceptors (Lipinski definition) is 2. The average molecular weight is 868 g/mol. The molecule has 2 heteroatoms. The summed E-state index contributed by atoms with van der Waals surface area (Å²) in [5.41, 5.74) is 16.0. The van der Waals surface area contributed by atoms with Gasteiger partial charge < -0.3 is 9.32 Å². The third-order valence-corrected chi connectivity index (χ3v) is 14.0. The average Bonchev–Trinajstić information content (AvgIpc) is 3.80. The van der Waals surface area contributed by atoms with Gasteiger partial charge in [-0.1, -0.05) is 200 Å². The highest BCUT2D eigenvalue weighted by atomic mass is 16.3. The lowest BCUT2D eigenvalue weighted by Crippen LogP contribution is -2.11. The zero-order valence-corrected chi connectivity index (χ0v) is 37.4. The predicted molar refractivity (Wildman–Crippen MR) is 288 cm³/mol. The van der Waals surface area contributed by atoms with Gasteiger partial charge in [-0.25, -0.2) is 0 Å². The molecule has 68 heavy (non-hydrogen) atoms. The summed E-state index contributed by atoms with van der Waals surface area (Å²) in [6.45, 7) is 0. The van der Waals surface area contributed by atoms with Crippen LogP contribution < -0.4 is 4.90 Å². The first kappa shape index (κ1) is 39.6. The van der Waals surface area contributed by atoms with Crippen LogP contribution in [-0.4, -0.2) is 0 Å². The van der Waals surface area contributed by atoms with Crippen molar-refractivity contribution >= 4 is 71.3 Å². The van der Waals surface area contributed by atoms with Crippen LogP contribution >= 0.6 is 0 Å². The van der Waals surface area contributed by atoms with E-state index in [0.717, 1.165) is 61.9 Å². The Morgan fingerprint density at radius 1 is 0.368 bits per heavy atom. The van der Waals surface area contributed by atoms with Crippen molar-refractivity contribution in [1.82, 2.24) is 0 Å². The fourth-order valence-electron chi connectivity index (χ4n) is 10.6. The molecule has 320 valence electrons. The molecule has 0 fully saturated rings. The van der Waals surface area contributed by atoms with Gasteiger partial charge in [0.2, 0.25) is 0 Å². The van der Waals surface area contributed by atoms with Gasteiger partial charge in [0.1, 0.15) is 11.2 Å². The summed E-state index contributed by atoms with van der Waals surface area (Å²) < 4.78 is 6.57. The molecule has 12 aromatic rings. The normalized spacial score (nSPS) is 13.6. The second kappa shape index (κ2) is 16.6. The lowest BCUT2D eigenvalue weighted by molar-refractivity contribution is 0.672. The summed E-state index contributed by atoms with van der Waals surface area (Å²) in [5, 5.41) is 9.58. The molecule has 1 heterocycles. The Bertz CT molecular complexity index is 3930. The highest BCUT2D eigenvalue weighted by Gasteiger charge is 2.21. The third-order valence-electron chi connectivity index (χ3n) is 14.0. The monoisotopic (exact) mass is 867 g/mol. The van der Waals surface area contributed by atoms with E-state index in [9.17, 15) is 0 Å². The van der Waals surface area contributed by atoms with E-state index in [0.29, 0.717) is 5.92 Å². The molecule has 0 radical (unpaired) electrons. The predicted octanol–water partition coefficient (Wildman–Crippen LogP) is 18.8.